The average molecular weight is 324 g/mol. The van der Waals surface area contributed by atoms with Crippen molar-refractivity contribution in [3.63, 3.8) is 0 Å². The third kappa shape index (κ3) is 4.01. The summed E-state index contributed by atoms with van der Waals surface area (Å²) in [6, 6.07) is 13.9. The summed E-state index contributed by atoms with van der Waals surface area (Å²) in [6.07, 6.45) is 4.23. The summed E-state index contributed by atoms with van der Waals surface area (Å²) in [7, 11) is 0. The summed E-state index contributed by atoms with van der Waals surface area (Å²) in [4.78, 5) is 16.0. The van der Waals surface area contributed by atoms with Crippen molar-refractivity contribution in [2.75, 3.05) is 5.32 Å². The Kier molecular flexibility index (Phi) is 4.61. The van der Waals surface area contributed by atoms with E-state index in [0.717, 1.165) is 35.7 Å². The second-order valence-electron chi connectivity index (χ2n) is 5.34. The van der Waals surface area contributed by atoms with Crippen LogP contribution in [-0.2, 0) is 6.42 Å². The lowest BCUT2D eigenvalue weighted by molar-refractivity contribution is 0.102. The van der Waals surface area contributed by atoms with Crippen LogP contribution < -0.4 is 5.32 Å². The van der Waals surface area contributed by atoms with Gasteiger partial charge in [0.2, 0.25) is 0 Å². The molecular formula is C19H14F2N2O. The molecule has 3 rings (SSSR count). The highest BCUT2D eigenvalue weighted by Gasteiger charge is 2.09. The first-order chi connectivity index (χ1) is 11.6. The van der Waals surface area contributed by atoms with Crippen LogP contribution in [-0.4, -0.2) is 10.9 Å². The SMILES string of the molecule is O=C(Nc1ccc(Cc2ccncc2)cc1)c1cc(F)cc(F)c1. The first-order valence-electron chi connectivity index (χ1n) is 7.35. The molecule has 0 aliphatic heterocycles. The third-order valence-corrected chi connectivity index (χ3v) is 3.49. The first-order valence-corrected chi connectivity index (χ1v) is 7.35. The molecular weight excluding hydrogens is 310 g/mol. The van der Waals surface area contributed by atoms with Crippen molar-refractivity contribution in [2.24, 2.45) is 0 Å². The highest BCUT2D eigenvalue weighted by Crippen LogP contribution is 2.15. The predicted molar refractivity (Wildman–Crippen MR) is 87.8 cm³/mol. The topological polar surface area (TPSA) is 42.0 Å². The fraction of sp³-hybridized carbons (Fsp3) is 0.0526. The number of amides is 1. The highest BCUT2D eigenvalue weighted by molar-refractivity contribution is 6.04. The molecule has 1 amide bonds. The summed E-state index contributed by atoms with van der Waals surface area (Å²) < 4.78 is 26.3. The van der Waals surface area contributed by atoms with Crippen LogP contribution in [0, 0.1) is 11.6 Å². The van der Waals surface area contributed by atoms with Gasteiger partial charge < -0.3 is 5.32 Å². The van der Waals surface area contributed by atoms with Crippen LogP contribution in [0.15, 0.2) is 67.0 Å². The normalized spacial score (nSPS) is 10.4. The van der Waals surface area contributed by atoms with Gasteiger partial charge in [-0.3, -0.25) is 9.78 Å². The third-order valence-electron chi connectivity index (χ3n) is 3.49. The van der Waals surface area contributed by atoms with E-state index < -0.39 is 17.5 Å². The van der Waals surface area contributed by atoms with E-state index in [0.29, 0.717) is 5.69 Å². The number of benzene rings is 2. The average Bonchev–Trinajstić information content (AvgIpc) is 2.57. The number of aromatic nitrogens is 1. The molecule has 0 aliphatic rings. The summed E-state index contributed by atoms with van der Waals surface area (Å²) in [5.41, 5.74) is 2.71. The number of nitrogens with one attached hydrogen (secondary N) is 1. The molecule has 1 heterocycles. The number of hydrogen-bond donors (Lipinski definition) is 1. The van der Waals surface area contributed by atoms with E-state index in [1.807, 2.05) is 24.3 Å². The molecule has 5 heteroatoms. The molecule has 0 spiro atoms. The minimum atomic E-state index is -0.784. The van der Waals surface area contributed by atoms with Gasteiger partial charge in [0.15, 0.2) is 0 Å². The number of hydrogen-bond acceptors (Lipinski definition) is 2. The van der Waals surface area contributed by atoms with Crippen molar-refractivity contribution < 1.29 is 13.6 Å². The number of halogens is 2. The van der Waals surface area contributed by atoms with E-state index in [1.165, 1.54) is 0 Å². The minimum Gasteiger partial charge on any atom is -0.322 e. The van der Waals surface area contributed by atoms with Gasteiger partial charge in [0, 0.05) is 29.7 Å². The Hall–Kier alpha value is -3.08. The molecule has 24 heavy (non-hydrogen) atoms. The van der Waals surface area contributed by atoms with Gasteiger partial charge in [0.1, 0.15) is 11.6 Å². The molecule has 0 aliphatic carbocycles. The van der Waals surface area contributed by atoms with Crippen molar-refractivity contribution >= 4 is 11.6 Å². The van der Waals surface area contributed by atoms with Crippen molar-refractivity contribution in [3.05, 3.63) is 95.3 Å². The van der Waals surface area contributed by atoms with Crippen molar-refractivity contribution in [3.8, 4) is 0 Å². The van der Waals surface area contributed by atoms with E-state index >= 15 is 0 Å². The monoisotopic (exact) mass is 324 g/mol. The smallest absolute Gasteiger partial charge is 0.255 e. The number of rotatable bonds is 4. The van der Waals surface area contributed by atoms with Crippen LogP contribution in [0.2, 0.25) is 0 Å². The lowest BCUT2D eigenvalue weighted by Crippen LogP contribution is -2.12. The lowest BCUT2D eigenvalue weighted by Gasteiger charge is -2.07. The van der Waals surface area contributed by atoms with Crippen LogP contribution in [0.4, 0.5) is 14.5 Å². The van der Waals surface area contributed by atoms with Gasteiger partial charge in [-0.25, -0.2) is 8.78 Å². The molecule has 120 valence electrons. The maximum absolute atomic E-state index is 13.2. The van der Waals surface area contributed by atoms with Crippen molar-refractivity contribution in [2.45, 2.75) is 6.42 Å². The molecule has 0 unspecified atom stereocenters. The number of anilines is 1. The standard InChI is InChI=1S/C19H14F2N2O/c20-16-10-15(11-17(21)12-16)19(24)23-18-3-1-13(2-4-18)9-14-5-7-22-8-6-14/h1-8,10-12H,9H2,(H,23,24). The van der Waals surface area contributed by atoms with Crippen LogP contribution in [0.1, 0.15) is 21.5 Å². The summed E-state index contributed by atoms with van der Waals surface area (Å²) in [6.45, 7) is 0. The van der Waals surface area contributed by atoms with Crippen molar-refractivity contribution in [1.82, 2.24) is 4.98 Å². The van der Waals surface area contributed by atoms with E-state index in [1.54, 1.807) is 24.5 Å². The Labute approximate surface area is 138 Å². The Morgan fingerprint density at radius 1 is 0.875 bits per heavy atom. The van der Waals surface area contributed by atoms with Gasteiger partial charge in [-0.05, 0) is 53.9 Å². The number of carbonyl (C=O) groups is 1. The quantitative estimate of drug-likeness (QED) is 0.781. The largest absolute Gasteiger partial charge is 0.322 e. The Bertz CT molecular complexity index is 829. The molecule has 1 aromatic heterocycles. The summed E-state index contributed by atoms with van der Waals surface area (Å²) in [5.74, 6) is -2.13. The van der Waals surface area contributed by atoms with E-state index in [4.69, 9.17) is 0 Å². The number of pyridine rings is 1. The highest BCUT2D eigenvalue weighted by atomic mass is 19.1. The van der Waals surface area contributed by atoms with Gasteiger partial charge in [-0.15, -0.1) is 0 Å². The first kappa shape index (κ1) is 15.8. The summed E-state index contributed by atoms with van der Waals surface area (Å²) >= 11 is 0. The fourth-order valence-electron chi connectivity index (χ4n) is 2.33. The minimum absolute atomic E-state index is 0.0617. The van der Waals surface area contributed by atoms with Gasteiger partial charge in [0.05, 0.1) is 0 Å². The van der Waals surface area contributed by atoms with Crippen LogP contribution in [0.3, 0.4) is 0 Å². The maximum atomic E-state index is 13.2. The fourth-order valence-corrected chi connectivity index (χ4v) is 2.33. The molecule has 0 radical (unpaired) electrons. The van der Waals surface area contributed by atoms with Crippen LogP contribution in [0.25, 0.3) is 0 Å². The molecule has 0 atom stereocenters. The lowest BCUT2D eigenvalue weighted by atomic mass is 10.1. The summed E-state index contributed by atoms with van der Waals surface area (Å²) in [5, 5.41) is 2.62. The van der Waals surface area contributed by atoms with Crippen LogP contribution >= 0.6 is 0 Å². The molecule has 0 saturated heterocycles. The van der Waals surface area contributed by atoms with Gasteiger partial charge in [-0.1, -0.05) is 12.1 Å². The Morgan fingerprint density at radius 2 is 1.46 bits per heavy atom. The zero-order valence-electron chi connectivity index (χ0n) is 12.7. The Morgan fingerprint density at radius 3 is 2.08 bits per heavy atom. The molecule has 3 nitrogen and oxygen atoms in total. The molecule has 0 fully saturated rings. The van der Waals surface area contributed by atoms with E-state index in [9.17, 15) is 13.6 Å². The molecule has 1 N–H and O–H groups in total. The molecule has 0 bridgehead atoms. The van der Waals surface area contributed by atoms with Gasteiger partial charge in [-0.2, -0.15) is 0 Å². The zero-order chi connectivity index (χ0) is 16.9. The number of carbonyl (C=O) groups excluding carboxylic acids is 1. The second kappa shape index (κ2) is 7.00. The second-order valence-corrected chi connectivity index (χ2v) is 5.34. The number of nitrogens with zero attached hydrogens (tertiary/aromatic N) is 1. The Balaban J connectivity index is 1.68. The maximum Gasteiger partial charge on any atom is 0.255 e. The van der Waals surface area contributed by atoms with Gasteiger partial charge >= 0.3 is 0 Å². The molecule has 3 aromatic rings. The predicted octanol–water partition coefficient (Wildman–Crippen LogP) is 4.20. The van der Waals surface area contributed by atoms with Gasteiger partial charge in [0.25, 0.3) is 5.91 Å². The van der Waals surface area contributed by atoms with Crippen molar-refractivity contribution in [1.29, 1.82) is 0 Å². The van der Waals surface area contributed by atoms with E-state index in [-0.39, 0.29) is 5.56 Å². The van der Waals surface area contributed by atoms with Crippen LogP contribution in [0.5, 0.6) is 0 Å². The molecule has 0 saturated carbocycles. The van der Waals surface area contributed by atoms with E-state index in [2.05, 4.69) is 10.3 Å². The zero-order valence-corrected chi connectivity index (χ0v) is 12.7. The molecule has 2 aromatic carbocycles.